The van der Waals surface area contributed by atoms with Gasteiger partial charge in [0.15, 0.2) is 0 Å². The van der Waals surface area contributed by atoms with Crippen molar-refractivity contribution >= 4 is 50.5 Å². The quantitative estimate of drug-likeness (QED) is 0.857. The molecular weight excluding hydrogens is 352 g/mol. The average molecular weight is 365 g/mol. The minimum Gasteiger partial charge on any atom is -0.326 e. The number of rotatable bonds is 4. The fourth-order valence-corrected chi connectivity index (χ4v) is 3.00. The van der Waals surface area contributed by atoms with Crippen molar-refractivity contribution < 1.29 is 9.59 Å². The van der Waals surface area contributed by atoms with Crippen LogP contribution >= 0.6 is 27.3 Å². The second kappa shape index (κ2) is 5.99. The van der Waals surface area contributed by atoms with Crippen LogP contribution in [0.3, 0.4) is 0 Å². The van der Waals surface area contributed by atoms with E-state index in [-0.39, 0.29) is 17.7 Å². The zero-order valence-corrected chi connectivity index (χ0v) is 13.5. The Balaban J connectivity index is 1.61. The van der Waals surface area contributed by atoms with Gasteiger partial charge in [-0.25, -0.2) is 0 Å². The molecule has 108 valence electrons. The van der Waals surface area contributed by atoms with Crippen LogP contribution in [0.25, 0.3) is 0 Å². The van der Waals surface area contributed by atoms with Crippen LogP contribution in [0.5, 0.6) is 0 Å². The summed E-state index contributed by atoms with van der Waals surface area (Å²) in [4.78, 5) is 23.6. The summed E-state index contributed by atoms with van der Waals surface area (Å²) in [6.45, 7) is 0. The predicted molar refractivity (Wildman–Crippen MR) is 87.8 cm³/mol. The van der Waals surface area contributed by atoms with E-state index in [9.17, 15) is 9.59 Å². The van der Waals surface area contributed by atoms with Crippen molar-refractivity contribution in [3.05, 3.63) is 45.1 Å². The Labute approximate surface area is 134 Å². The molecule has 2 aromatic rings. The lowest BCUT2D eigenvalue weighted by Gasteiger charge is -2.07. The highest BCUT2D eigenvalue weighted by molar-refractivity contribution is 9.11. The van der Waals surface area contributed by atoms with Gasteiger partial charge in [-0.05, 0) is 59.1 Å². The molecule has 3 rings (SSSR count). The monoisotopic (exact) mass is 364 g/mol. The molecule has 2 amide bonds. The average Bonchev–Trinajstić information content (AvgIpc) is 3.23. The van der Waals surface area contributed by atoms with E-state index >= 15 is 0 Å². The summed E-state index contributed by atoms with van der Waals surface area (Å²) in [5.74, 6) is 0.114. The molecule has 1 heterocycles. The molecule has 2 N–H and O–H groups in total. The first-order valence-electron chi connectivity index (χ1n) is 6.58. The minimum atomic E-state index is -0.147. The molecule has 0 spiro atoms. The van der Waals surface area contributed by atoms with Gasteiger partial charge in [0.05, 0.1) is 9.35 Å². The first-order chi connectivity index (χ1) is 10.1. The Hall–Kier alpha value is -1.66. The third-order valence-corrected chi connectivity index (χ3v) is 4.69. The smallest absolute Gasteiger partial charge is 0.256 e. The number of anilines is 2. The topological polar surface area (TPSA) is 58.2 Å². The predicted octanol–water partition coefficient (Wildman–Crippen LogP) is 4.11. The van der Waals surface area contributed by atoms with Crippen molar-refractivity contribution in [1.29, 1.82) is 0 Å². The van der Waals surface area contributed by atoms with Crippen LogP contribution in [0.1, 0.15) is 23.2 Å². The van der Waals surface area contributed by atoms with E-state index in [1.54, 1.807) is 35.7 Å². The summed E-state index contributed by atoms with van der Waals surface area (Å²) >= 11 is 4.80. The zero-order chi connectivity index (χ0) is 14.8. The third kappa shape index (κ3) is 3.71. The zero-order valence-electron chi connectivity index (χ0n) is 11.1. The molecule has 0 atom stereocenters. The molecule has 1 saturated carbocycles. The van der Waals surface area contributed by atoms with Crippen LogP contribution in [0.15, 0.2) is 39.5 Å². The Morgan fingerprint density at radius 1 is 1.10 bits per heavy atom. The lowest BCUT2D eigenvalue weighted by molar-refractivity contribution is -0.117. The van der Waals surface area contributed by atoms with E-state index in [1.807, 2.05) is 0 Å². The van der Waals surface area contributed by atoms with E-state index in [1.165, 1.54) is 11.3 Å². The molecule has 1 aliphatic rings. The number of thiophene rings is 1. The van der Waals surface area contributed by atoms with Crippen molar-refractivity contribution in [3.63, 3.8) is 0 Å². The van der Waals surface area contributed by atoms with Crippen LogP contribution in [-0.4, -0.2) is 11.8 Å². The highest BCUT2D eigenvalue weighted by Crippen LogP contribution is 2.30. The number of amides is 2. The molecule has 0 saturated heterocycles. The van der Waals surface area contributed by atoms with Crippen LogP contribution in [-0.2, 0) is 4.79 Å². The molecule has 1 fully saturated rings. The molecular formula is C15H13BrN2O2S. The van der Waals surface area contributed by atoms with E-state index < -0.39 is 0 Å². The van der Waals surface area contributed by atoms with Crippen molar-refractivity contribution in [2.24, 2.45) is 5.92 Å². The van der Waals surface area contributed by atoms with Gasteiger partial charge in [0.1, 0.15) is 0 Å². The standard InChI is InChI=1S/C15H13BrN2O2S/c16-13-7-10(8-21-13)15(20)18-12-5-3-11(4-6-12)17-14(19)9-1-2-9/h3-9H,1-2H2,(H,17,19)(H,18,20). The van der Waals surface area contributed by atoms with Gasteiger partial charge >= 0.3 is 0 Å². The van der Waals surface area contributed by atoms with Crippen LogP contribution in [0.2, 0.25) is 0 Å². The molecule has 0 radical (unpaired) electrons. The summed E-state index contributed by atoms with van der Waals surface area (Å²) in [5.41, 5.74) is 2.08. The largest absolute Gasteiger partial charge is 0.326 e. The number of hydrogen-bond donors (Lipinski definition) is 2. The first-order valence-corrected chi connectivity index (χ1v) is 8.25. The van der Waals surface area contributed by atoms with Crippen molar-refractivity contribution in [2.45, 2.75) is 12.8 Å². The van der Waals surface area contributed by atoms with Gasteiger partial charge in [0.25, 0.3) is 5.91 Å². The fraction of sp³-hybridized carbons (Fsp3) is 0.200. The Kier molecular flexibility index (Phi) is 4.07. The number of nitrogens with one attached hydrogen (secondary N) is 2. The van der Waals surface area contributed by atoms with Crippen LogP contribution in [0, 0.1) is 5.92 Å². The molecule has 6 heteroatoms. The van der Waals surface area contributed by atoms with Gasteiger partial charge < -0.3 is 10.6 Å². The van der Waals surface area contributed by atoms with Crippen LogP contribution in [0.4, 0.5) is 11.4 Å². The van der Waals surface area contributed by atoms with E-state index in [4.69, 9.17) is 0 Å². The fourth-order valence-electron chi connectivity index (χ4n) is 1.86. The first kappa shape index (κ1) is 14.3. The lowest BCUT2D eigenvalue weighted by atomic mass is 10.2. The molecule has 0 bridgehead atoms. The maximum atomic E-state index is 12.0. The summed E-state index contributed by atoms with van der Waals surface area (Å²) in [7, 11) is 0. The third-order valence-electron chi connectivity index (χ3n) is 3.19. The summed E-state index contributed by atoms with van der Waals surface area (Å²) in [6.07, 6.45) is 1.96. The maximum absolute atomic E-state index is 12.0. The van der Waals surface area contributed by atoms with Gasteiger partial charge in [-0.1, -0.05) is 0 Å². The van der Waals surface area contributed by atoms with Gasteiger partial charge in [-0.2, -0.15) is 0 Å². The normalized spacial score (nSPS) is 13.8. The lowest BCUT2D eigenvalue weighted by Crippen LogP contribution is -2.13. The molecule has 0 unspecified atom stereocenters. The molecule has 21 heavy (non-hydrogen) atoms. The summed E-state index contributed by atoms with van der Waals surface area (Å²) in [6, 6.07) is 8.92. The summed E-state index contributed by atoms with van der Waals surface area (Å²) in [5, 5.41) is 7.48. The number of benzene rings is 1. The van der Waals surface area contributed by atoms with Gasteiger partial charge in [0, 0.05) is 22.7 Å². The number of halogens is 1. The molecule has 1 aromatic heterocycles. The van der Waals surface area contributed by atoms with Crippen LogP contribution < -0.4 is 10.6 Å². The summed E-state index contributed by atoms with van der Waals surface area (Å²) < 4.78 is 0.922. The van der Waals surface area contributed by atoms with Crippen molar-refractivity contribution in [3.8, 4) is 0 Å². The highest BCUT2D eigenvalue weighted by Gasteiger charge is 2.29. The number of hydrogen-bond acceptors (Lipinski definition) is 3. The van der Waals surface area contributed by atoms with Gasteiger partial charge in [0.2, 0.25) is 5.91 Å². The molecule has 4 nitrogen and oxygen atoms in total. The molecule has 0 aliphatic heterocycles. The van der Waals surface area contributed by atoms with Gasteiger partial charge in [-0.3, -0.25) is 9.59 Å². The maximum Gasteiger partial charge on any atom is 0.256 e. The SMILES string of the molecule is O=C(Nc1ccc(NC(=O)C2CC2)cc1)c1csc(Br)c1. The number of carbonyl (C=O) groups is 2. The highest BCUT2D eigenvalue weighted by atomic mass is 79.9. The number of carbonyl (C=O) groups excluding carboxylic acids is 2. The molecule has 1 aliphatic carbocycles. The second-order valence-corrected chi connectivity index (χ2v) is 7.22. The van der Waals surface area contributed by atoms with Gasteiger partial charge in [-0.15, -0.1) is 11.3 Å². The van der Waals surface area contributed by atoms with E-state index in [0.717, 1.165) is 22.3 Å². The second-order valence-electron chi connectivity index (χ2n) is 4.93. The minimum absolute atomic E-state index is 0.0786. The Morgan fingerprint density at radius 3 is 2.24 bits per heavy atom. The Morgan fingerprint density at radius 2 is 1.71 bits per heavy atom. The van der Waals surface area contributed by atoms with E-state index in [2.05, 4.69) is 26.6 Å². The van der Waals surface area contributed by atoms with E-state index in [0.29, 0.717) is 11.3 Å². The molecule has 1 aromatic carbocycles. The van der Waals surface area contributed by atoms with Crippen molar-refractivity contribution in [1.82, 2.24) is 0 Å². The Bertz CT molecular complexity index is 677. The van der Waals surface area contributed by atoms with Crippen molar-refractivity contribution in [2.75, 3.05) is 10.6 Å².